The molecule has 0 fully saturated rings. The van der Waals surface area contributed by atoms with E-state index in [0.717, 1.165) is 6.26 Å². The molecule has 0 saturated carbocycles. The third-order valence-corrected chi connectivity index (χ3v) is 4.18. The summed E-state index contributed by atoms with van der Waals surface area (Å²) in [5, 5.41) is 8.49. The Hall–Kier alpha value is -1.01. The van der Waals surface area contributed by atoms with Gasteiger partial charge in [-0.15, -0.1) is 11.8 Å². The van der Waals surface area contributed by atoms with Crippen molar-refractivity contribution < 1.29 is 18.3 Å². The van der Waals surface area contributed by atoms with Crippen LogP contribution in [0.15, 0.2) is 34.1 Å². The average molecular weight is 260 g/mol. The first-order valence-electron chi connectivity index (χ1n) is 4.55. The number of sulfone groups is 1. The van der Waals surface area contributed by atoms with E-state index < -0.39 is 15.8 Å². The molecule has 0 saturated heterocycles. The number of benzene rings is 1. The Labute approximate surface area is 98.6 Å². The van der Waals surface area contributed by atoms with E-state index in [0.29, 0.717) is 10.6 Å². The summed E-state index contributed by atoms with van der Waals surface area (Å²) >= 11 is 1.24. The summed E-state index contributed by atoms with van der Waals surface area (Å²) in [4.78, 5) is 11.2. The minimum absolute atomic E-state index is 0.0166. The number of rotatable bonds is 5. The minimum Gasteiger partial charge on any atom is -0.481 e. The van der Waals surface area contributed by atoms with Crippen molar-refractivity contribution in [2.24, 2.45) is 0 Å². The van der Waals surface area contributed by atoms with E-state index in [9.17, 15) is 13.2 Å². The third kappa shape index (κ3) is 3.86. The van der Waals surface area contributed by atoms with E-state index in [1.807, 2.05) is 0 Å². The topological polar surface area (TPSA) is 71.4 Å². The van der Waals surface area contributed by atoms with Crippen molar-refractivity contribution in [3.05, 3.63) is 24.3 Å². The summed E-state index contributed by atoms with van der Waals surface area (Å²) in [7, 11) is -3.25. The molecule has 1 rings (SSSR count). The van der Waals surface area contributed by atoms with Crippen LogP contribution in [-0.4, -0.2) is 31.5 Å². The van der Waals surface area contributed by atoms with Crippen molar-refractivity contribution in [3.8, 4) is 0 Å². The van der Waals surface area contributed by atoms with Gasteiger partial charge in [-0.1, -0.05) is 12.1 Å². The first kappa shape index (κ1) is 13.1. The minimum atomic E-state index is -3.25. The monoisotopic (exact) mass is 260 g/mol. The van der Waals surface area contributed by atoms with Gasteiger partial charge in [-0.3, -0.25) is 4.79 Å². The molecule has 0 unspecified atom stereocenters. The van der Waals surface area contributed by atoms with Crippen molar-refractivity contribution in [2.75, 3.05) is 12.0 Å². The number of carbonyl (C=O) groups is 1. The summed E-state index contributed by atoms with van der Waals surface area (Å²) < 4.78 is 22.8. The molecule has 1 aromatic rings. The summed E-state index contributed by atoms with van der Waals surface area (Å²) in [5.74, 6) is -0.522. The van der Waals surface area contributed by atoms with Crippen LogP contribution in [0.3, 0.4) is 0 Å². The van der Waals surface area contributed by atoms with Crippen LogP contribution in [0.1, 0.15) is 6.42 Å². The Morgan fingerprint density at radius 3 is 2.56 bits per heavy atom. The van der Waals surface area contributed by atoms with Crippen molar-refractivity contribution in [1.29, 1.82) is 0 Å². The maximum atomic E-state index is 11.4. The molecule has 0 aliphatic heterocycles. The predicted octanol–water partition coefficient (Wildman–Crippen LogP) is 1.66. The van der Waals surface area contributed by atoms with Gasteiger partial charge in [-0.2, -0.15) is 0 Å². The van der Waals surface area contributed by atoms with Gasteiger partial charge in [0.25, 0.3) is 0 Å². The Kier molecular flexibility index (Phi) is 4.37. The van der Waals surface area contributed by atoms with Gasteiger partial charge in [0.1, 0.15) is 0 Å². The van der Waals surface area contributed by atoms with Crippen molar-refractivity contribution in [1.82, 2.24) is 0 Å². The number of aliphatic carboxylic acids is 1. The van der Waals surface area contributed by atoms with Crippen LogP contribution in [0.25, 0.3) is 0 Å². The molecule has 16 heavy (non-hydrogen) atoms. The molecule has 0 atom stereocenters. The molecule has 0 aliphatic rings. The van der Waals surface area contributed by atoms with Crippen molar-refractivity contribution >= 4 is 27.6 Å². The normalized spacial score (nSPS) is 11.3. The van der Waals surface area contributed by atoms with Crippen LogP contribution >= 0.6 is 11.8 Å². The molecule has 0 bridgehead atoms. The van der Waals surface area contributed by atoms with E-state index in [2.05, 4.69) is 0 Å². The molecule has 0 aliphatic carbocycles. The predicted molar refractivity (Wildman–Crippen MR) is 62.5 cm³/mol. The highest BCUT2D eigenvalue weighted by Crippen LogP contribution is 2.26. The van der Waals surface area contributed by atoms with Crippen LogP contribution in [0, 0.1) is 0 Å². The molecule has 0 aromatic heterocycles. The lowest BCUT2D eigenvalue weighted by Crippen LogP contribution is -2.00. The van der Waals surface area contributed by atoms with Gasteiger partial charge in [0.05, 0.1) is 11.3 Å². The van der Waals surface area contributed by atoms with Gasteiger partial charge in [-0.05, 0) is 12.1 Å². The molecule has 0 radical (unpaired) electrons. The van der Waals surface area contributed by atoms with Gasteiger partial charge < -0.3 is 5.11 Å². The molecular weight excluding hydrogens is 248 g/mol. The highest BCUT2D eigenvalue weighted by atomic mass is 32.2. The van der Waals surface area contributed by atoms with Crippen molar-refractivity contribution in [2.45, 2.75) is 16.2 Å². The Morgan fingerprint density at radius 2 is 2.00 bits per heavy atom. The van der Waals surface area contributed by atoms with E-state index in [-0.39, 0.29) is 11.3 Å². The largest absolute Gasteiger partial charge is 0.481 e. The third-order valence-electron chi connectivity index (χ3n) is 1.82. The van der Waals surface area contributed by atoms with Crippen LogP contribution in [0.5, 0.6) is 0 Å². The highest BCUT2D eigenvalue weighted by Gasteiger charge is 2.12. The number of thioether (sulfide) groups is 1. The quantitative estimate of drug-likeness (QED) is 0.815. The second kappa shape index (κ2) is 5.36. The lowest BCUT2D eigenvalue weighted by atomic mass is 10.4. The maximum absolute atomic E-state index is 11.4. The summed E-state index contributed by atoms with van der Waals surface area (Å²) in [6, 6.07) is 6.59. The number of carboxylic acids is 1. The van der Waals surface area contributed by atoms with Gasteiger partial charge in [-0.25, -0.2) is 8.42 Å². The molecule has 4 nitrogen and oxygen atoms in total. The van der Waals surface area contributed by atoms with E-state index in [1.54, 1.807) is 18.2 Å². The number of hydrogen-bond donors (Lipinski definition) is 1. The fraction of sp³-hybridized carbons (Fsp3) is 0.300. The SMILES string of the molecule is CS(=O)(=O)c1ccccc1SCCC(=O)O. The lowest BCUT2D eigenvalue weighted by Gasteiger charge is -2.05. The number of carboxylic acid groups (broad SMARTS) is 1. The molecule has 0 spiro atoms. The van der Waals surface area contributed by atoms with Gasteiger partial charge in [0.15, 0.2) is 9.84 Å². The van der Waals surface area contributed by atoms with Crippen LogP contribution in [-0.2, 0) is 14.6 Å². The Bertz CT molecular complexity index is 479. The zero-order chi connectivity index (χ0) is 12.2. The van der Waals surface area contributed by atoms with Gasteiger partial charge >= 0.3 is 5.97 Å². The molecule has 1 N–H and O–H groups in total. The summed E-state index contributed by atoms with van der Waals surface area (Å²) in [5.41, 5.74) is 0. The van der Waals surface area contributed by atoms with Crippen molar-refractivity contribution in [3.63, 3.8) is 0 Å². The standard InChI is InChI=1S/C10H12O4S2/c1-16(13,14)9-5-3-2-4-8(9)15-7-6-10(11)12/h2-5H,6-7H2,1H3,(H,11,12). The molecular formula is C10H12O4S2. The maximum Gasteiger partial charge on any atom is 0.304 e. The Balaban J connectivity index is 2.84. The highest BCUT2D eigenvalue weighted by molar-refractivity contribution is 8.00. The Morgan fingerprint density at radius 1 is 1.38 bits per heavy atom. The zero-order valence-corrected chi connectivity index (χ0v) is 10.3. The first-order chi connectivity index (χ1) is 7.41. The van der Waals surface area contributed by atoms with Crippen LogP contribution in [0.2, 0.25) is 0 Å². The fourth-order valence-corrected chi connectivity index (χ4v) is 3.40. The molecule has 1 aromatic carbocycles. The molecule has 0 amide bonds. The second-order valence-corrected chi connectivity index (χ2v) is 6.33. The molecule has 6 heteroatoms. The second-order valence-electron chi connectivity index (χ2n) is 3.21. The van der Waals surface area contributed by atoms with E-state index in [1.165, 1.54) is 17.8 Å². The lowest BCUT2D eigenvalue weighted by molar-refractivity contribution is -0.136. The summed E-state index contributed by atoms with van der Waals surface area (Å²) in [6.07, 6.45) is 1.16. The van der Waals surface area contributed by atoms with E-state index in [4.69, 9.17) is 5.11 Å². The molecule has 88 valence electrons. The zero-order valence-electron chi connectivity index (χ0n) is 8.71. The smallest absolute Gasteiger partial charge is 0.304 e. The van der Waals surface area contributed by atoms with E-state index >= 15 is 0 Å². The van der Waals surface area contributed by atoms with Gasteiger partial charge in [0, 0.05) is 16.9 Å². The summed E-state index contributed by atoms with van der Waals surface area (Å²) in [6.45, 7) is 0. The van der Waals surface area contributed by atoms with Crippen LogP contribution in [0.4, 0.5) is 0 Å². The van der Waals surface area contributed by atoms with Crippen LogP contribution < -0.4 is 0 Å². The fourth-order valence-electron chi connectivity index (χ4n) is 1.12. The first-order valence-corrected chi connectivity index (χ1v) is 7.42. The molecule has 0 heterocycles. The number of hydrogen-bond acceptors (Lipinski definition) is 4. The van der Waals surface area contributed by atoms with Gasteiger partial charge in [0.2, 0.25) is 0 Å². The average Bonchev–Trinajstić information content (AvgIpc) is 2.16.